The highest BCUT2D eigenvalue weighted by Gasteiger charge is 2.73. The van der Waals surface area contributed by atoms with Crippen LogP contribution >= 0.6 is 0 Å². The average molecular weight is 819 g/mol. The Hall–Kier alpha value is -6.89. The summed E-state index contributed by atoms with van der Waals surface area (Å²) in [6.45, 7) is 0.841. The molecule has 2 fully saturated rings. The summed E-state index contributed by atoms with van der Waals surface area (Å²) >= 11 is 0. The van der Waals surface area contributed by atoms with Crippen LogP contribution in [-0.2, 0) is 41.0 Å². The summed E-state index contributed by atoms with van der Waals surface area (Å²) in [6.07, 6.45) is 0.871. The number of β-lactam (4-membered cyclic amide) rings is 1. The summed E-state index contributed by atoms with van der Waals surface area (Å²) < 4.78 is 38.2. The van der Waals surface area contributed by atoms with Crippen molar-refractivity contribution in [3.63, 3.8) is 0 Å². The first-order chi connectivity index (χ1) is 29.0. The van der Waals surface area contributed by atoms with E-state index >= 15 is 0 Å². The summed E-state index contributed by atoms with van der Waals surface area (Å²) in [7, 11) is -4.45. The predicted molar refractivity (Wildman–Crippen MR) is 226 cm³/mol. The number of nitrogens with one attached hydrogen (secondary N) is 1. The number of carbonyl (C=O) groups excluding carboxylic acids is 3. The molecule has 2 saturated heterocycles. The number of hydrogen-bond acceptors (Lipinski definition) is 9. The lowest BCUT2D eigenvalue weighted by atomic mass is 9.77. The standard InChI is InChI=1S/C48H42N4O7S/c1-47(32-58-46(49)55)42(45(54)59-41(34-17-7-2-8-18-34)35-19-9-3-10-20-35)52-43(53)40(44(52)60(47,56)57)30-39-29-33(27-28-50-39)31-51-48(36-21-11-4-12-22-36,37-23-13-5-14-24-37)38-25-15-6-16-26-38/h2-30,41-42,44,51H,31-32H2,1H3,(H2,49,55)/t42-,44+,47-/m0/s1. The van der Waals surface area contributed by atoms with Crippen LogP contribution in [0.25, 0.3) is 6.08 Å². The minimum atomic E-state index is -4.45. The molecule has 2 aliphatic heterocycles. The van der Waals surface area contributed by atoms with E-state index in [1.807, 2.05) is 72.8 Å². The Morgan fingerprint density at radius 1 is 0.800 bits per heavy atom. The maximum Gasteiger partial charge on any atom is 0.404 e. The smallest absolute Gasteiger partial charge is 0.404 e. The Bertz CT molecular complexity index is 2510. The third-order valence-electron chi connectivity index (χ3n) is 11.3. The maximum atomic E-state index is 14.6. The number of primary amides is 1. The Labute approximate surface area is 348 Å². The molecular weight excluding hydrogens is 777 g/mol. The van der Waals surface area contributed by atoms with Crippen LogP contribution in [0.2, 0.25) is 0 Å². The number of nitrogens with zero attached hydrogens (tertiary/aromatic N) is 2. The lowest BCUT2D eigenvalue weighted by Crippen LogP contribution is -2.60. The summed E-state index contributed by atoms with van der Waals surface area (Å²) in [5.41, 5.74) is 9.97. The molecule has 11 nitrogen and oxygen atoms in total. The lowest BCUT2D eigenvalue weighted by molar-refractivity contribution is -0.161. The van der Waals surface area contributed by atoms with Crippen LogP contribution in [0.1, 0.15) is 52.1 Å². The fourth-order valence-corrected chi connectivity index (χ4v) is 10.6. The molecule has 302 valence electrons. The molecule has 6 aromatic rings. The largest absolute Gasteiger partial charge is 0.451 e. The molecule has 1 aromatic heterocycles. The second-order valence-corrected chi connectivity index (χ2v) is 17.4. The van der Waals surface area contributed by atoms with Crippen molar-refractivity contribution in [2.24, 2.45) is 5.73 Å². The summed E-state index contributed by atoms with van der Waals surface area (Å²) in [5.74, 6) is -1.67. The molecular formula is C48H42N4O7S. The third kappa shape index (κ3) is 7.14. The summed E-state index contributed by atoms with van der Waals surface area (Å²) in [5, 5.41) is 2.29. The zero-order chi connectivity index (χ0) is 41.9. The van der Waals surface area contributed by atoms with Crippen molar-refractivity contribution in [1.82, 2.24) is 15.2 Å². The average Bonchev–Trinajstić information content (AvgIpc) is 3.45. The normalized spacial score (nSPS) is 20.0. The van der Waals surface area contributed by atoms with Crippen molar-refractivity contribution < 1.29 is 32.3 Å². The monoisotopic (exact) mass is 818 g/mol. The van der Waals surface area contributed by atoms with Crippen LogP contribution in [0.15, 0.2) is 176 Å². The van der Waals surface area contributed by atoms with Gasteiger partial charge in [-0.3, -0.25) is 15.1 Å². The number of rotatable bonds is 13. The maximum absolute atomic E-state index is 14.6. The third-order valence-corrected chi connectivity index (χ3v) is 14.0. The van der Waals surface area contributed by atoms with Crippen LogP contribution in [-0.4, -0.2) is 59.0 Å². The topological polar surface area (TPSA) is 158 Å². The minimum Gasteiger partial charge on any atom is -0.451 e. The molecule has 8 rings (SSSR count). The second kappa shape index (κ2) is 16.4. The van der Waals surface area contributed by atoms with Gasteiger partial charge in [0, 0.05) is 12.7 Å². The number of carbonyl (C=O) groups is 3. The fourth-order valence-electron chi connectivity index (χ4n) is 8.30. The van der Waals surface area contributed by atoms with Crippen molar-refractivity contribution in [2.75, 3.05) is 6.61 Å². The number of amides is 2. The van der Waals surface area contributed by atoms with Gasteiger partial charge >= 0.3 is 12.1 Å². The highest BCUT2D eigenvalue weighted by atomic mass is 32.2. The predicted octanol–water partition coefficient (Wildman–Crippen LogP) is 6.70. The van der Waals surface area contributed by atoms with Gasteiger partial charge in [0.25, 0.3) is 5.91 Å². The van der Waals surface area contributed by atoms with Gasteiger partial charge in [-0.05, 0) is 58.5 Å². The molecule has 5 aromatic carbocycles. The number of benzene rings is 5. The van der Waals surface area contributed by atoms with Crippen LogP contribution in [0, 0.1) is 0 Å². The van der Waals surface area contributed by atoms with Crippen LogP contribution in [0.4, 0.5) is 4.79 Å². The molecule has 2 amide bonds. The first kappa shape index (κ1) is 39.9. The number of esters is 1. The van der Waals surface area contributed by atoms with Crippen molar-refractivity contribution >= 4 is 33.9 Å². The molecule has 2 aliphatic rings. The van der Waals surface area contributed by atoms with E-state index in [1.54, 1.807) is 60.8 Å². The van der Waals surface area contributed by atoms with Gasteiger partial charge < -0.3 is 20.1 Å². The number of sulfone groups is 1. The SMILES string of the molecule is C[C@]1(COC(N)=O)[C@H](C(=O)OC(c2ccccc2)c2ccccc2)N2C(=O)C(=Cc3cc(CNC(c4ccccc4)(c4ccccc4)c4ccccc4)ccn3)[C@H]2S1(=O)=O. The van der Waals surface area contributed by atoms with Crippen LogP contribution < -0.4 is 11.1 Å². The molecule has 0 unspecified atom stereocenters. The van der Waals surface area contributed by atoms with Crippen molar-refractivity contribution in [3.05, 3.63) is 215 Å². The van der Waals surface area contributed by atoms with Crippen molar-refractivity contribution in [2.45, 2.75) is 41.3 Å². The van der Waals surface area contributed by atoms with E-state index in [2.05, 4.69) is 46.7 Å². The zero-order valence-corrected chi connectivity index (χ0v) is 33.4. The molecule has 0 spiro atoms. The number of ether oxygens (including phenoxy) is 2. The lowest BCUT2D eigenvalue weighted by Gasteiger charge is -2.39. The quantitative estimate of drug-likeness (QED) is 0.0560. The Kier molecular flexibility index (Phi) is 10.9. The van der Waals surface area contributed by atoms with Crippen LogP contribution in [0.5, 0.6) is 0 Å². The number of nitrogens with two attached hydrogens (primary N) is 1. The molecule has 12 heteroatoms. The molecule has 0 bridgehead atoms. The number of aromatic nitrogens is 1. The van der Waals surface area contributed by atoms with Crippen molar-refractivity contribution in [1.29, 1.82) is 0 Å². The van der Waals surface area contributed by atoms with Gasteiger partial charge in [-0.25, -0.2) is 18.0 Å². The Balaban J connectivity index is 1.12. The molecule has 60 heavy (non-hydrogen) atoms. The first-order valence-electron chi connectivity index (χ1n) is 19.4. The molecule has 3 atom stereocenters. The highest BCUT2D eigenvalue weighted by molar-refractivity contribution is 7.94. The van der Waals surface area contributed by atoms with Gasteiger partial charge in [0.15, 0.2) is 27.4 Å². The minimum absolute atomic E-state index is 0.0805. The van der Waals surface area contributed by atoms with E-state index < -0.39 is 62.2 Å². The van der Waals surface area contributed by atoms with Crippen molar-refractivity contribution in [3.8, 4) is 0 Å². The van der Waals surface area contributed by atoms with Gasteiger partial charge in [0.1, 0.15) is 11.4 Å². The number of fused-ring (bicyclic) bond motifs is 1. The highest BCUT2D eigenvalue weighted by Crippen LogP contribution is 2.50. The van der Waals surface area contributed by atoms with E-state index in [0.717, 1.165) is 27.2 Å². The zero-order valence-electron chi connectivity index (χ0n) is 32.6. The van der Waals surface area contributed by atoms with Gasteiger partial charge in [-0.2, -0.15) is 0 Å². The number of pyridine rings is 1. The van der Waals surface area contributed by atoms with Gasteiger partial charge in [-0.1, -0.05) is 152 Å². The van der Waals surface area contributed by atoms with E-state index in [0.29, 0.717) is 23.4 Å². The van der Waals surface area contributed by atoms with E-state index in [-0.39, 0.29) is 5.57 Å². The Morgan fingerprint density at radius 3 is 1.77 bits per heavy atom. The van der Waals surface area contributed by atoms with E-state index in [4.69, 9.17) is 15.2 Å². The van der Waals surface area contributed by atoms with Gasteiger partial charge in [-0.15, -0.1) is 0 Å². The molecule has 0 radical (unpaired) electrons. The first-order valence-corrected chi connectivity index (χ1v) is 21.0. The summed E-state index contributed by atoms with van der Waals surface area (Å²) in [4.78, 5) is 45.8. The summed E-state index contributed by atoms with van der Waals surface area (Å²) in [6, 6.07) is 50.4. The van der Waals surface area contributed by atoms with Gasteiger partial charge in [0.05, 0.1) is 16.8 Å². The van der Waals surface area contributed by atoms with E-state index in [9.17, 15) is 22.8 Å². The molecule has 3 heterocycles. The fraction of sp³-hybridized carbons (Fsp3) is 0.167. The second-order valence-electron chi connectivity index (χ2n) is 15.0. The number of hydrogen-bond donors (Lipinski definition) is 2. The van der Waals surface area contributed by atoms with Crippen LogP contribution in [0.3, 0.4) is 0 Å². The van der Waals surface area contributed by atoms with E-state index in [1.165, 1.54) is 13.0 Å². The van der Waals surface area contributed by atoms with Gasteiger partial charge in [0.2, 0.25) is 0 Å². The molecule has 3 N–H and O–H groups in total. The molecule has 0 aliphatic carbocycles. The molecule has 0 saturated carbocycles. The Morgan fingerprint density at radius 2 is 1.28 bits per heavy atom.